The summed E-state index contributed by atoms with van der Waals surface area (Å²) in [5.41, 5.74) is -0.0369. The SMILES string of the molecule is C[C@H](N1CN=C2N=C(Cl)C(c3ccc(F)cc3F)=CN21)C(F)(F)F. The van der Waals surface area contributed by atoms with Crippen molar-refractivity contribution in [2.75, 3.05) is 6.67 Å². The predicted molar refractivity (Wildman–Crippen MR) is 79.1 cm³/mol. The van der Waals surface area contributed by atoms with Gasteiger partial charge in [0.1, 0.15) is 29.5 Å². The standard InChI is InChI=1S/C14H10ClF5N4/c1-7(14(18,19)20)24-6-21-13-22-12(15)10(5-23(13)24)9-3-2-8(16)4-11(9)17/h2-5,7H,6H2,1H3/t7-/m0/s1. The maximum Gasteiger partial charge on any atom is 0.405 e. The molecule has 0 saturated carbocycles. The largest absolute Gasteiger partial charge is 0.405 e. The van der Waals surface area contributed by atoms with Crippen molar-refractivity contribution < 1.29 is 22.0 Å². The number of aliphatic imine (C=N–C) groups is 2. The van der Waals surface area contributed by atoms with Crippen LogP contribution in [0.5, 0.6) is 0 Å². The van der Waals surface area contributed by atoms with E-state index in [-0.39, 0.29) is 28.9 Å². The van der Waals surface area contributed by atoms with Gasteiger partial charge in [0.2, 0.25) is 5.96 Å². The van der Waals surface area contributed by atoms with Gasteiger partial charge >= 0.3 is 6.18 Å². The Bertz CT molecular complexity index is 771. The molecule has 0 aromatic heterocycles. The zero-order valence-corrected chi connectivity index (χ0v) is 12.9. The quantitative estimate of drug-likeness (QED) is 0.748. The van der Waals surface area contributed by atoms with E-state index in [0.29, 0.717) is 6.07 Å². The van der Waals surface area contributed by atoms with E-state index in [0.717, 1.165) is 29.1 Å². The van der Waals surface area contributed by atoms with Gasteiger partial charge in [-0.25, -0.2) is 18.8 Å². The third-order valence-corrected chi connectivity index (χ3v) is 3.94. The molecule has 0 unspecified atom stereocenters. The van der Waals surface area contributed by atoms with Crippen molar-refractivity contribution in [2.45, 2.75) is 19.1 Å². The van der Waals surface area contributed by atoms with Crippen molar-refractivity contribution in [3.05, 3.63) is 41.6 Å². The molecule has 0 N–H and O–H groups in total. The van der Waals surface area contributed by atoms with Gasteiger partial charge in [-0.2, -0.15) is 23.2 Å². The second-order valence-electron chi connectivity index (χ2n) is 5.17. The summed E-state index contributed by atoms with van der Waals surface area (Å²) in [6.07, 6.45) is -3.27. The monoisotopic (exact) mass is 364 g/mol. The summed E-state index contributed by atoms with van der Waals surface area (Å²) in [5, 5.41) is 1.85. The van der Waals surface area contributed by atoms with Gasteiger partial charge in [0.05, 0.1) is 0 Å². The van der Waals surface area contributed by atoms with Crippen molar-refractivity contribution in [3.8, 4) is 0 Å². The third-order valence-electron chi connectivity index (χ3n) is 3.65. The lowest BCUT2D eigenvalue weighted by Gasteiger charge is -2.34. The zero-order chi connectivity index (χ0) is 17.6. The number of halogens is 6. The molecular formula is C14H10ClF5N4. The second kappa shape index (κ2) is 5.82. The highest BCUT2D eigenvalue weighted by molar-refractivity contribution is 6.77. The van der Waals surface area contributed by atoms with Crippen LogP contribution in [0.2, 0.25) is 0 Å². The van der Waals surface area contributed by atoms with E-state index >= 15 is 0 Å². The molecule has 2 heterocycles. The summed E-state index contributed by atoms with van der Waals surface area (Å²) in [5.74, 6) is -1.71. The smallest absolute Gasteiger partial charge is 0.245 e. The molecule has 3 rings (SSSR count). The van der Waals surface area contributed by atoms with Gasteiger partial charge < -0.3 is 0 Å². The molecule has 2 aliphatic rings. The fourth-order valence-electron chi connectivity index (χ4n) is 2.30. The Labute approximate surface area is 138 Å². The summed E-state index contributed by atoms with van der Waals surface area (Å²) in [6.45, 7) is 0.712. The maximum absolute atomic E-state index is 14.0. The van der Waals surface area contributed by atoms with Gasteiger partial charge in [-0.3, -0.25) is 0 Å². The van der Waals surface area contributed by atoms with Crippen LogP contribution in [0.1, 0.15) is 12.5 Å². The highest BCUT2D eigenvalue weighted by atomic mass is 35.5. The number of allylic oxidation sites excluding steroid dienone is 1. The topological polar surface area (TPSA) is 31.2 Å². The highest BCUT2D eigenvalue weighted by Crippen LogP contribution is 2.32. The molecule has 2 aliphatic heterocycles. The predicted octanol–water partition coefficient (Wildman–Crippen LogP) is 3.75. The molecule has 1 aromatic carbocycles. The fraction of sp³-hybridized carbons (Fsp3) is 0.286. The Morgan fingerprint density at radius 2 is 1.96 bits per heavy atom. The molecule has 0 radical (unpaired) electrons. The molecule has 0 fully saturated rings. The van der Waals surface area contributed by atoms with Gasteiger partial charge in [0.25, 0.3) is 0 Å². The minimum absolute atomic E-state index is 0.0256. The molecule has 4 nitrogen and oxygen atoms in total. The minimum atomic E-state index is -4.48. The van der Waals surface area contributed by atoms with Crippen LogP contribution in [0.15, 0.2) is 34.4 Å². The number of nitrogens with zero attached hydrogens (tertiary/aromatic N) is 4. The number of guanidine groups is 1. The molecule has 128 valence electrons. The first-order valence-corrected chi connectivity index (χ1v) is 7.15. The van der Waals surface area contributed by atoms with Crippen LogP contribution in [0.4, 0.5) is 22.0 Å². The lowest BCUT2D eigenvalue weighted by atomic mass is 10.1. The van der Waals surface area contributed by atoms with E-state index in [4.69, 9.17) is 11.6 Å². The normalized spacial score (nSPS) is 19.6. The van der Waals surface area contributed by atoms with Crippen molar-refractivity contribution >= 4 is 28.3 Å². The van der Waals surface area contributed by atoms with E-state index in [9.17, 15) is 22.0 Å². The molecule has 24 heavy (non-hydrogen) atoms. The van der Waals surface area contributed by atoms with Gasteiger partial charge in [0, 0.05) is 23.4 Å². The summed E-state index contributed by atoms with van der Waals surface area (Å²) >= 11 is 5.99. The van der Waals surface area contributed by atoms with Gasteiger partial charge in [-0.05, 0) is 19.1 Å². The number of alkyl halides is 3. The molecule has 0 spiro atoms. The van der Waals surface area contributed by atoms with Crippen molar-refractivity contribution in [1.29, 1.82) is 0 Å². The lowest BCUT2D eigenvalue weighted by molar-refractivity contribution is -0.196. The Hall–Kier alpha value is -2.00. The number of rotatable bonds is 2. The number of benzene rings is 1. The van der Waals surface area contributed by atoms with Crippen LogP contribution in [0, 0.1) is 11.6 Å². The number of hydrazine groups is 1. The molecule has 1 aromatic rings. The van der Waals surface area contributed by atoms with Crippen molar-refractivity contribution in [2.24, 2.45) is 9.98 Å². The third kappa shape index (κ3) is 2.89. The van der Waals surface area contributed by atoms with Crippen LogP contribution >= 0.6 is 11.6 Å². The zero-order valence-electron chi connectivity index (χ0n) is 12.2. The molecule has 0 aliphatic carbocycles. The minimum Gasteiger partial charge on any atom is -0.245 e. The van der Waals surface area contributed by atoms with E-state index < -0.39 is 23.9 Å². The molecule has 0 amide bonds. The van der Waals surface area contributed by atoms with Crippen LogP contribution < -0.4 is 0 Å². The first-order chi connectivity index (χ1) is 11.2. The van der Waals surface area contributed by atoms with Gasteiger partial charge in [0.15, 0.2) is 0 Å². The summed E-state index contributed by atoms with van der Waals surface area (Å²) in [7, 11) is 0. The average Bonchev–Trinajstić information content (AvgIpc) is 2.87. The van der Waals surface area contributed by atoms with E-state index in [1.807, 2.05) is 0 Å². The Balaban J connectivity index is 2.00. The number of fused-ring (bicyclic) bond motifs is 1. The maximum atomic E-state index is 14.0. The highest BCUT2D eigenvalue weighted by Gasteiger charge is 2.45. The van der Waals surface area contributed by atoms with Crippen molar-refractivity contribution in [1.82, 2.24) is 10.0 Å². The number of hydrogen-bond acceptors (Lipinski definition) is 4. The van der Waals surface area contributed by atoms with Crippen LogP contribution in [-0.4, -0.2) is 40.0 Å². The Kier molecular flexibility index (Phi) is 4.08. The molecule has 0 bridgehead atoms. The first kappa shape index (κ1) is 16.8. The average molecular weight is 365 g/mol. The number of hydrogen-bond donors (Lipinski definition) is 0. The summed E-state index contributed by atoms with van der Waals surface area (Å²) in [4.78, 5) is 7.79. The summed E-state index contributed by atoms with van der Waals surface area (Å²) < 4.78 is 65.9. The first-order valence-electron chi connectivity index (χ1n) is 6.77. The van der Waals surface area contributed by atoms with E-state index in [2.05, 4.69) is 9.98 Å². The van der Waals surface area contributed by atoms with Crippen LogP contribution in [-0.2, 0) is 0 Å². The lowest BCUT2D eigenvalue weighted by Crippen LogP contribution is -2.50. The van der Waals surface area contributed by atoms with Gasteiger partial charge in [-0.15, -0.1) is 0 Å². The summed E-state index contributed by atoms with van der Waals surface area (Å²) in [6, 6.07) is 0.989. The van der Waals surface area contributed by atoms with E-state index in [1.54, 1.807) is 0 Å². The van der Waals surface area contributed by atoms with Crippen LogP contribution in [0.3, 0.4) is 0 Å². The van der Waals surface area contributed by atoms with Crippen molar-refractivity contribution in [3.63, 3.8) is 0 Å². The Morgan fingerprint density at radius 3 is 2.58 bits per heavy atom. The fourth-order valence-corrected chi connectivity index (χ4v) is 2.53. The Morgan fingerprint density at radius 1 is 1.25 bits per heavy atom. The molecule has 0 saturated heterocycles. The molecule has 10 heteroatoms. The molecular weight excluding hydrogens is 355 g/mol. The van der Waals surface area contributed by atoms with E-state index in [1.165, 1.54) is 6.20 Å². The second-order valence-corrected chi connectivity index (χ2v) is 5.53. The van der Waals surface area contributed by atoms with Gasteiger partial charge in [-0.1, -0.05) is 11.6 Å². The molecule has 1 atom stereocenters. The van der Waals surface area contributed by atoms with Crippen LogP contribution in [0.25, 0.3) is 5.57 Å².